The van der Waals surface area contributed by atoms with Crippen LogP contribution < -0.4 is 15.4 Å². The minimum Gasteiger partial charge on any atom is -0.496 e. The van der Waals surface area contributed by atoms with Crippen LogP contribution in [0.4, 0.5) is 0 Å². The second-order valence-electron chi connectivity index (χ2n) is 6.63. The molecule has 1 aliphatic rings. The zero-order valence-corrected chi connectivity index (χ0v) is 18.8. The molecule has 1 aromatic rings. The first kappa shape index (κ1) is 23.0. The van der Waals surface area contributed by atoms with Crippen LogP contribution in [0.1, 0.15) is 12.5 Å². The van der Waals surface area contributed by atoms with Crippen LogP contribution in [0.2, 0.25) is 0 Å². The van der Waals surface area contributed by atoms with Crippen molar-refractivity contribution in [1.82, 2.24) is 20.4 Å². The lowest BCUT2D eigenvalue weighted by atomic mass is 10.1. The molecule has 2 rings (SSSR count). The Balaban J connectivity index is 0.00000338. The summed E-state index contributed by atoms with van der Waals surface area (Å²) in [5.74, 6) is 1.80. The first-order chi connectivity index (χ1) is 12.1. The molecule has 7 heteroatoms. The van der Waals surface area contributed by atoms with E-state index in [-0.39, 0.29) is 24.0 Å². The van der Waals surface area contributed by atoms with Crippen LogP contribution >= 0.6 is 24.0 Å². The van der Waals surface area contributed by atoms with Gasteiger partial charge in [-0.15, -0.1) is 24.0 Å². The third-order valence-corrected chi connectivity index (χ3v) is 4.83. The number of likely N-dealkylation sites (N-methyl/N-ethyl adjacent to an activating group) is 1. The first-order valence-corrected chi connectivity index (χ1v) is 9.13. The molecule has 148 valence electrons. The van der Waals surface area contributed by atoms with E-state index in [1.165, 1.54) is 5.56 Å². The summed E-state index contributed by atoms with van der Waals surface area (Å²) in [6.45, 7) is 8.58. The summed E-state index contributed by atoms with van der Waals surface area (Å²) >= 11 is 0. The Morgan fingerprint density at radius 1 is 1.19 bits per heavy atom. The van der Waals surface area contributed by atoms with Crippen molar-refractivity contribution < 1.29 is 4.74 Å². The Morgan fingerprint density at radius 2 is 1.88 bits per heavy atom. The quantitative estimate of drug-likeness (QED) is 0.357. The summed E-state index contributed by atoms with van der Waals surface area (Å²) in [6.07, 6.45) is 0.902. The van der Waals surface area contributed by atoms with E-state index >= 15 is 0 Å². The lowest BCUT2D eigenvalue weighted by Gasteiger charge is -2.36. The smallest absolute Gasteiger partial charge is 0.191 e. The summed E-state index contributed by atoms with van der Waals surface area (Å²) in [5.41, 5.74) is 1.21. The van der Waals surface area contributed by atoms with E-state index in [1.807, 2.05) is 25.2 Å². The van der Waals surface area contributed by atoms with E-state index in [9.17, 15) is 0 Å². The zero-order valence-electron chi connectivity index (χ0n) is 16.5. The van der Waals surface area contributed by atoms with Gasteiger partial charge < -0.3 is 20.3 Å². The van der Waals surface area contributed by atoms with Gasteiger partial charge in [-0.25, -0.2) is 0 Å². The first-order valence-electron chi connectivity index (χ1n) is 9.13. The maximum Gasteiger partial charge on any atom is 0.191 e. The summed E-state index contributed by atoms with van der Waals surface area (Å²) in [5, 5.41) is 6.84. The van der Waals surface area contributed by atoms with Gasteiger partial charge >= 0.3 is 0 Å². The topological polar surface area (TPSA) is 52.1 Å². The van der Waals surface area contributed by atoms with E-state index in [0.717, 1.165) is 57.4 Å². The van der Waals surface area contributed by atoms with Crippen LogP contribution in [0.3, 0.4) is 0 Å². The highest BCUT2D eigenvalue weighted by molar-refractivity contribution is 14.0. The van der Waals surface area contributed by atoms with Crippen LogP contribution in [0, 0.1) is 0 Å². The molecule has 0 amide bonds. The molecule has 6 nitrogen and oxygen atoms in total. The summed E-state index contributed by atoms with van der Waals surface area (Å²) in [4.78, 5) is 9.25. The molecule has 0 spiro atoms. The number of methoxy groups -OCH3 is 1. The minimum absolute atomic E-state index is 0. The number of hydrogen-bond donors (Lipinski definition) is 2. The predicted molar refractivity (Wildman–Crippen MR) is 120 cm³/mol. The Kier molecular flexibility index (Phi) is 10.9. The summed E-state index contributed by atoms with van der Waals surface area (Å²) < 4.78 is 5.40. The highest BCUT2D eigenvalue weighted by Crippen LogP contribution is 2.17. The third kappa shape index (κ3) is 7.28. The van der Waals surface area contributed by atoms with Gasteiger partial charge in [0.15, 0.2) is 5.96 Å². The van der Waals surface area contributed by atoms with Crippen LogP contribution in [0.15, 0.2) is 29.3 Å². The van der Waals surface area contributed by atoms with Gasteiger partial charge in [0.2, 0.25) is 0 Å². The van der Waals surface area contributed by atoms with Gasteiger partial charge in [-0.1, -0.05) is 18.2 Å². The molecule has 1 aliphatic heterocycles. The average molecular weight is 475 g/mol. The van der Waals surface area contributed by atoms with E-state index in [0.29, 0.717) is 6.04 Å². The highest BCUT2D eigenvalue weighted by Gasteiger charge is 2.19. The van der Waals surface area contributed by atoms with Crippen LogP contribution in [-0.4, -0.2) is 82.3 Å². The average Bonchev–Trinajstić information content (AvgIpc) is 2.65. The molecule has 1 heterocycles. The van der Waals surface area contributed by atoms with Gasteiger partial charge in [0.05, 0.1) is 7.11 Å². The van der Waals surface area contributed by atoms with Crippen molar-refractivity contribution >= 4 is 29.9 Å². The van der Waals surface area contributed by atoms with Crippen molar-refractivity contribution in [2.24, 2.45) is 4.99 Å². The number of piperazine rings is 1. The Hall–Kier alpha value is -1.06. The van der Waals surface area contributed by atoms with Crippen molar-refractivity contribution in [3.8, 4) is 5.75 Å². The monoisotopic (exact) mass is 475 g/mol. The van der Waals surface area contributed by atoms with Crippen molar-refractivity contribution in [3.63, 3.8) is 0 Å². The van der Waals surface area contributed by atoms with Crippen molar-refractivity contribution in [2.45, 2.75) is 19.4 Å². The number of aliphatic imine (C=N–C) groups is 1. The predicted octanol–water partition coefficient (Wildman–Crippen LogP) is 1.66. The fourth-order valence-electron chi connectivity index (χ4n) is 3.08. The van der Waals surface area contributed by atoms with E-state index in [4.69, 9.17) is 4.74 Å². The molecule has 1 saturated heterocycles. The van der Waals surface area contributed by atoms with Crippen molar-refractivity contribution in [2.75, 3.05) is 60.5 Å². The maximum absolute atomic E-state index is 5.40. The number of guanidine groups is 1. The second kappa shape index (κ2) is 12.3. The second-order valence-corrected chi connectivity index (χ2v) is 6.63. The van der Waals surface area contributed by atoms with E-state index < -0.39 is 0 Å². The number of benzene rings is 1. The molecule has 0 bridgehead atoms. The zero-order chi connectivity index (χ0) is 18.1. The highest BCUT2D eigenvalue weighted by atomic mass is 127. The fraction of sp³-hybridized carbons (Fsp3) is 0.632. The molecule has 1 aromatic carbocycles. The normalized spacial score (nSPS) is 17.3. The molecule has 0 aromatic heterocycles. The Morgan fingerprint density at radius 3 is 2.54 bits per heavy atom. The van der Waals surface area contributed by atoms with Gasteiger partial charge in [-0.05, 0) is 32.0 Å². The van der Waals surface area contributed by atoms with Crippen LogP contribution in [0.5, 0.6) is 5.75 Å². The molecule has 0 aliphatic carbocycles. The number of para-hydroxylation sites is 1. The molecular formula is C19H34IN5O. The SMILES string of the molecule is CN=C(NCCc1ccccc1OC)NCC(C)N1CCN(C)CC1.I. The van der Waals surface area contributed by atoms with Gasteiger partial charge in [0.25, 0.3) is 0 Å². The summed E-state index contributed by atoms with van der Waals surface area (Å²) in [6, 6.07) is 8.65. The molecular weight excluding hydrogens is 441 g/mol. The Bertz CT molecular complexity index is 546. The number of hydrogen-bond acceptors (Lipinski definition) is 4. The lowest BCUT2D eigenvalue weighted by molar-refractivity contribution is 0.120. The number of halogens is 1. The molecule has 2 N–H and O–H groups in total. The molecule has 0 radical (unpaired) electrons. The molecule has 1 fully saturated rings. The van der Waals surface area contributed by atoms with Crippen molar-refractivity contribution in [3.05, 3.63) is 29.8 Å². The molecule has 26 heavy (non-hydrogen) atoms. The number of ether oxygens (including phenoxy) is 1. The molecule has 1 atom stereocenters. The largest absolute Gasteiger partial charge is 0.496 e. The fourth-order valence-corrected chi connectivity index (χ4v) is 3.08. The van der Waals surface area contributed by atoms with Gasteiger partial charge in [0.1, 0.15) is 5.75 Å². The molecule has 1 unspecified atom stereocenters. The van der Waals surface area contributed by atoms with Gasteiger partial charge in [-0.2, -0.15) is 0 Å². The van der Waals surface area contributed by atoms with E-state index in [2.05, 4.69) is 45.5 Å². The van der Waals surface area contributed by atoms with Gasteiger partial charge in [0, 0.05) is 52.4 Å². The number of nitrogens with one attached hydrogen (secondary N) is 2. The molecule has 0 saturated carbocycles. The Labute approximate surface area is 175 Å². The van der Waals surface area contributed by atoms with Gasteiger partial charge in [-0.3, -0.25) is 9.89 Å². The number of rotatable bonds is 7. The maximum atomic E-state index is 5.40. The number of nitrogens with zero attached hydrogens (tertiary/aromatic N) is 3. The third-order valence-electron chi connectivity index (χ3n) is 4.83. The minimum atomic E-state index is 0. The van der Waals surface area contributed by atoms with Crippen LogP contribution in [0.25, 0.3) is 0 Å². The van der Waals surface area contributed by atoms with E-state index in [1.54, 1.807) is 7.11 Å². The summed E-state index contributed by atoms with van der Waals surface area (Å²) in [7, 11) is 5.72. The standard InChI is InChI=1S/C19H33N5O.HI/c1-16(24-13-11-23(3)12-14-24)15-22-19(20-2)21-10-9-17-7-5-6-8-18(17)25-4;/h5-8,16H,9-15H2,1-4H3,(H2,20,21,22);1H. The van der Waals surface area contributed by atoms with Crippen molar-refractivity contribution in [1.29, 1.82) is 0 Å². The van der Waals surface area contributed by atoms with Crippen LogP contribution in [-0.2, 0) is 6.42 Å². The lowest BCUT2D eigenvalue weighted by Crippen LogP contribution is -2.52.